The van der Waals surface area contributed by atoms with Crippen molar-refractivity contribution in [1.29, 1.82) is 0 Å². The van der Waals surface area contributed by atoms with Crippen LogP contribution in [0.5, 0.6) is 0 Å². The van der Waals surface area contributed by atoms with E-state index >= 15 is 0 Å². The van der Waals surface area contributed by atoms with Gasteiger partial charge in [0.25, 0.3) is 0 Å². The van der Waals surface area contributed by atoms with Crippen LogP contribution in [0.4, 0.5) is 5.69 Å². The summed E-state index contributed by atoms with van der Waals surface area (Å²) in [5, 5.41) is 2.26. The third-order valence-corrected chi connectivity index (χ3v) is 3.75. The fourth-order valence-corrected chi connectivity index (χ4v) is 2.86. The number of aromatic nitrogens is 1. The summed E-state index contributed by atoms with van der Waals surface area (Å²) in [6.07, 6.45) is 0. The maximum atomic E-state index is 6.05. The topological polar surface area (TPSA) is 38.9 Å². The van der Waals surface area contributed by atoms with Crippen LogP contribution in [0.15, 0.2) is 40.3 Å². The monoisotopic (exact) mass is 304 g/mol. The zero-order valence-electron chi connectivity index (χ0n) is 8.45. The summed E-state index contributed by atoms with van der Waals surface area (Å²) in [6, 6.07) is 8.56. The lowest BCUT2D eigenvalue weighted by atomic mass is 10.4. The molecular formula is C11H7Cl3N2S. The molecule has 17 heavy (non-hydrogen) atoms. The molecule has 0 aliphatic carbocycles. The van der Waals surface area contributed by atoms with Crippen LogP contribution in [0.2, 0.25) is 15.2 Å². The summed E-state index contributed by atoms with van der Waals surface area (Å²) >= 11 is 19.1. The van der Waals surface area contributed by atoms with Crippen molar-refractivity contribution in [3.8, 4) is 0 Å². The van der Waals surface area contributed by atoms with Gasteiger partial charge in [0.2, 0.25) is 0 Å². The van der Waals surface area contributed by atoms with Crippen molar-refractivity contribution < 1.29 is 0 Å². The third-order valence-electron chi connectivity index (χ3n) is 1.90. The largest absolute Gasteiger partial charge is 0.399 e. The molecule has 0 unspecified atom stereocenters. The Morgan fingerprint density at radius 2 is 1.82 bits per heavy atom. The van der Waals surface area contributed by atoms with E-state index in [0.717, 1.165) is 4.90 Å². The molecule has 6 heteroatoms. The summed E-state index contributed by atoms with van der Waals surface area (Å²) < 4.78 is 0. The predicted octanol–water partition coefficient (Wildman–Crippen LogP) is 4.78. The van der Waals surface area contributed by atoms with E-state index in [4.69, 9.17) is 40.5 Å². The molecule has 0 spiro atoms. The number of hydrogen-bond donors (Lipinski definition) is 1. The van der Waals surface area contributed by atoms with Gasteiger partial charge in [-0.25, -0.2) is 4.98 Å². The summed E-state index contributed by atoms with van der Waals surface area (Å²) in [5.74, 6) is 0. The molecule has 0 aliphatic rings. The Morgan fingerprint density at radius 1 is 1.06 bits per heavy atom. The van der Waals surface area contributed by atoms with Crippen LogP contribution in [0.3, 0.4) is 0 Å². The van der Waals surface area contributed by atoms with E-state index in [0.29, 0.717) is 25.9 Å². The van der Waals surface area contributed by atoms with Crippen molar-refractivity contribution >= 4 is 52.3 Å². The summed E-state index contributed by atoms with van der Waals surface area (Å²) in [7, 11) is 0. The number of halogens is 3. The highest BCUT2D eigenvalue weighted by atomic mass is 35.5. The smallest absolute Gasteiger partial charge is 0.132 e. The Kier molecular flexibility index (Phi) is 4.05. The average Bonchev–Trinajstić information content (AvgIpc) is 2.22. The van der Waals surface area contributed by atoms with E-state index in [-0.39, 0.29) is 0 Å². The lowest BCUT2D eigenvalue weighted by Gasteiger charge is -2.05. The van der Waals surface area contributed by atoms with Gasteiger partial charge in [-0.1, -0.05) is 46.6 Å². The first-order valence-electron chi connectivity index (χ1n) is 4.60. The number of hydrogen-bond acceptors (Lipinski definition) is 3. The Labute approximate surface area is 118 Å². The minimum absolute atomic E-state index is 0.352. The van der Waals surface area contributed by atoms with Crippen LogP contribution >= 0.6 is 46.6 Å². The van der Waals surface area contributed by atoms with E-state index in [1.165, 1.54) is 11.8 Å². The molecule has 0 fully saturated rings. The van der Waals surface area contributed by atoms with E-state index in [9.17, 15) is 0 Å². The summed E-state index contributed by atoms with van der Waals surface area (Å²) in [6.45, 7) is 0. The van der Waals surface area contributed by atoms with Gasteiger partial charge in [-0.15, -0.1) is 0 Å². The molecule has 2 N–H and O–H groups in total. The second kappa shape index (κ2) is 5.36. The molecule has 0 atom stereocenters. The molecule has 0 bridgehead atoms. The van der Waals surface area contributed by atoms with E-state index in [2.05, 4.69) is 4.98 Å². The lowest BCUT2D eigenvalue weighted by Crippen LogP contribution is -1.88. The van der Waals surface area contributed by atoms with E-state index in [1.807, 2.05) is 0 Å². The molecule has 1 heterocycles. The highest BCUT2D eigenvalue weighted by Gasteiger charge is 2.06. The molecule has 1 aromatic heterocycles. The predicted molar refractivity (Wildman–Crippen MR) is 74.2 cm³/mol. The standard InChI is InChI=1S/C11H7Cl3N2S/c12-6-1-2-8(13)9(3-6)17-11-5-7(15)4-10(14)16-11/h1-5H,(H2,15,16). The Bertz CT molecular complexity index is 540. The molecule has 2 nitrogen and oxygen atoms in total. The van der Waals surface area contributed by atoms with Gasteiger partial charge in [-0.3, -0.25) is 0 Å². The van der Waals surface area contributed by atoms with Gasteiger partial charge >= 0.3 is 0 Å². The minimum Gasteiger partial charge on any atom is -0.399 e. The van der Waals surface area contributed by atoms with Crippen molar-refractivity contribution in [1.82, 2.24) is 4.98 Å². The van der Waals surface area contributed by atoms with Crippen molar-refractivity contribution in [2.75, 3.05) is 5.73 Å². The number of rotatable bonds is 2. The van der Waals surface area contributed by atoms with Crippen molar-refractivity contribution in [2.24, 2.45) is 0 Å². The van der Waals surface area contributed by atoms with Crippen LogP contribution in [0, 0.1) is 0 Å². The fourth-order valence-electron chi connectivity index (χ4n) is 1.21. The van der Waals surface area contributed by atoms with Crippen LogP contribution in [0.1, 0.15) is 0 Å². The summed E-state index contributed by atoms with van der Waals surface area (Å²) in [5.41, 5.74) is 6.24. The number of benzene rings is 1. The first-order chi connectivity index (χ1) is 8.04. The molecule has 88 valence electrons. The van der Waals surface area contributed by atoms with Gasteiger partial charge in [-0.2, -0.15) is 0 Å². The average molecular weight is 306 g/mol. The van der Waals surface area contributed by atoms with Crippen LogP contribution in [-0.2, 0) is 0 Å². The number of pyridine rings is 1. The Balaban J connectivity index is 2.34. The number of anilines is 1. The normalized spacial score (nSPS) is 10.5. The van der Waals surface area contributed by atoms with Crippen molar-refractivity contribution in [3.05, 3.63) is 45.5 Å². The highest BCUT2D eigenvalue weighted by molar-refractivity contribution is 7.99. The van der Waals surface area contributed by atoms with Crippen LogP contribution in [-0.4, -0.2) is 4.98 Å². The quantitative estimate of drug-likeness (QED) is 0.812. The number of nitrogens with zero attached hydrogens (tertiary/aromatic N) is 1. The maximum Gasteiger partial charge on any atom is 0.132 e. The van der Waals surface area contributed by atoms with Gasteiger partial charge in [0.05, 0.1) is 5.02 Å². The third kappa shape index (κ3) is 3.42. The first-order valence-corrected chi connectivity index (χ1v) is 6.55. The Morgan fingerprint density at radius 3 is 2.53 bits per heavy atom. The van der Waals surface area contributed by atoms with Gasteiger partial charge in [-0.05, 0) is 30.3 Å². The van der Waals surface area contributed by atoms with Crippen molar-refractivity contribution in [3.63, 3.8) is 0 Å². The highest BCUT2D eigenvalue weighted by Crippen LogP contribution is 2.35. The first kappa shape index (κ1) is 12.8. The second-order valence-electron chi connectivity index (χ2n) is 3.24. The maximum absolute atomic E-state index is 6.05. The Hall–Kier alpha value is -0.610. The van der Waals surface area contributed by atoms with Crippen LogP contribution in [0.25, 0.3) is 0 Å². The minimum atomic E-state index is 0.352. The molecule has 2 rings (SSSR count). The van der Waals surface area contributed by atoms with E-state index in [1.54, 1.807) is 30.3 Å². The molecule has 0 radical (unpaired) electrons. The lowest BCUT2D eigenvalue weighted by molar-refractivity contribution is 1.14. The van der Waals surface area contributed by atoms with E-state index < -0.39 is 0 Å². The van der Waals surface area contributed by atoms with Gasteiger partial charge in [0.1, 0.15) is 10.2 Å². The molecule has 0 saturated heterocycles. The molecule has 0 saturated carbocycles. The number of nitrogen functional groups attached to an aromatic ring is 1. The zero-order valence-corrected chi connectivity index (χ0v) is 11.5. The molecule has 0 amide bonds. The van der Waals surface area contributed by atoms with Gasteiger partial charge in [0.15, 0.2) is 0 Å². The number of nitrogens with two attached hydrogens (primary N) is 1. The SMILES string of the molecule is Nc1cc(Cl)nc(Sc2cc(Cl)ccc2Cl)c1. The second-order valence-corrected chi connectivity index (χ2v) is 5.53. The van der Waals surface area contributed by atoms with Crippen molar-refractivity contribution in [2.45, 2.75) is 9.92 Å². The summed E-state index contributed by atoms with van der Waals surface area (Å²) in [4.78, 5) is 4.96. The molecule has 1 aromatic carbocycles. The molecule has 2 aromatic rings. The fraction of sp³-hybridized carbons (Fsp3) is 0. The zero-order chi connectivity index (χ0) is 12.4. The van der Waals surface area contributed by atoms with Crippen LogP contribution < -0.4 is 5.73 Å². The molecular weight excluding hydrogens is 299 g/mol. The van der Waals surface area contributed by atoms with Gasteiger partial charge < -0.3 is 5.73 Å². The molecule has 0 aliphatic heterocycles. The van der Waals surface area contributed by atoms with Gasteiger partial charge in [0, 0.05) is 15.6 Å².